The summed E-state index contributed by atoms with van der Waals surface area (Å²) in [4.78, 5) is 11.9. The number of carbonyl (C=O) groups excluding carboxylic acids is 1. The standard InChI is InChI=1S/C11H12BrNO4S/c1-11(6-17-7-11)10(14)13-18(15,16)9-4-2-3-8(12)5-9/h2-5H,6-7H2,1H3,(H,13,14). The van der Waals surface area contributed by atoms with E-state index in [0.29, 0.717) is 4.47 Å². The maximum atomic E-state index is 12.0. The number of benzene rings is 1. The van der Waals surface area contributed by atoms with Gasteiger partial charge in [0.25, 0.3) is 10.0 Å². The van der Waals surface area contributed by atoms with Crippen LogP contribution in [0.5, 0.6) is 0 Å². The molecule has 0 aliphatic carbocycles. The Balaban J connectivity index is 2.20. The summed E-state index contributed by atoms with van der Waals surface area (Å²) in [6.45, 7) is 2.15. The van der Waals surface area contributed by atoms with Crippen LogP contribution in [-0.2, 0) is 19.6 Å². The van der Waals surface area contributed by atoms with Gasteiger partial charge in [0.05, 0.1) is 23.5 Å². The smallest absolute Gasteiger partial charge is 0.264 e. The molecule has 98 valence electrons. The van der Waals surface area contributed by atoms with Gasteiger partial charge in [-0.3, -0.25) is 4.79 Å². The van der Waals surface area contributed by atoms with Gasteiger partial charge >= 0.3 is 0 Å². The van der Waals surface area contributed by atoms with E-state index in [2.05, 4.69) is 20.7 Å². The van der Waals surface area contributed by atoms with Gasteiger partial charge in [-0.25, -0.2) is 13.1 Å². The van der Waals surface area contributed by atoms with Crippen LogP contribution in [0.25, 0.3) is 0 Å². The van der Waals surface area contributed by atoms with Crippen LogP contribution in [0, 0.1) is 5.41 Å². The molecule has 1 saturated heterocycles. The van der Waals surface area contributed by atoms with Gasteiger partial charge in [-0.15, -0.1) is 0 Å². The Morgan fingerprint density at radius 1 is 1.44 bits per heavy atom. The molecule has 1 amide bonds. The van der Waals surface area contributed by atoms with Gasteiger partial charge < -0.3 is 4.74 Å². The summed E-state index contributed by atoms with van der Waals surface area (Å²) in [5, 5.41) is 0. The molecule has 1 heterocycles. The molecular weight excluding hydrogens is 322 g/mol. The molecule has 1 aliphatic heterocycles. The quantitative estimate of drug-likeness (QED) is 0.904. The van der Waals surface area contributed by atoms with E-state index in [0.717, 1.165) is 0 Å². The molecule has 0 atom stereocenters. The lowest BCUT2D eigenvalue weighted by Crippen LogP contribution is -2.53. The lowest BCUT2D eigenvalue weighted by molar-refractivity contribution is -0.155. The SMILES string of the molecule is CC1(C(=O)NS(=O)(=O)c2cccc(Br)c2)COC1. The van der Waals surface area contributed by atoms with Crippen molar-refractivity contribution in [2.45, 2.75) is 11.8 Å². The molecule has 18 heavy (non-hydrogen) atoms. The first-order valence-corrected chi connectivity index (χ1v) is 7.52. The molecule has 1 aliphatic rings. The van der Waals surface area contributed by atoms with E-state index in [-0.39, 0.29) is 18.1 Å². The molecule has 1 N–H and O–H groups in total. The van der Waals surface area contributed by atoms with Crippen molar-refractivity contribution in [3.05, 3.63) is 28.7 Å². The first kappa shape index (κ1) is 13.5. The first-order chi connectivity index (χ1) is 8.33. The molecule has 5 nitrogen and oxygen atoms in total. The van der Waals surface area contributed by atoms with E-state index in [1.807, 2.05) is 0 Å². The summed E-state index contributed by atoms with van der Waals surface area (Å²) in [7, 11) is -3.83. The highest BCUT2D eigenvalue weighted by atomic mass is 79.9. The van der Waals surface area contributed by atoms with Gasteiger partial charge in [-0.1, -0.05) is 22.0 Å². The van der Waals surface area contributed by atoms with Crippen LogP contribution in [0.1, 0.15) is 6.92 Å². The summed E-state index contributed by atoms with van der Waals surface area (Å²) in [5.41, 5.74) is -0.751. The number of ether oxygens (including phenoxy) is 1. The van der Waals surface area contributed by atoms with Crippen LogP contribution in [0.2, 0.25) is 0 Å². The summed E-state index contributed by atoms with van der Waals surface area (Å²) in [5.74, 6) is -0.534. The largest absolute Gasteiger partial charge is 0.379 e. The first-order valence-electron chi connectivity index (χ1n) is 5.24. The van der Waals surface area contributed by atoms with Crippen molar-refractivity contribution in [1.29, 1.82) is 0 Å². The van der Waals surface area contributed by atoms with Crippen molar-refractivity contribution in [3.8, 4) is 0 Å². The number of nitrogens with one attached hydrogen (secondary N) is 1. The molecule has 7 heteroatoms. The Kier molecular flexibility index (Phi) is 3.48. The fraction of sp³-hybridized carbons (Fsp3) is 0.364. The van der Waals surface area contributed by atoms with Crippen molar-refractivity contribution in [3.63, 3.8) is 0 Å². The van der Waals surface area contributed by atoms with E-state index in [9.17, 15) is 13.2 Å². The predicted molar refractivity (Wildman–Crippen MR) is 68.4 cm³/mol. The van der Waals surface area contributed by atoms with Crippen LogP contribution in [-0.4, -0.2) is 27.5 Å². The van der Waals surface area contributed by atoms with Crippen molar-refractivity contribution in [1.82, 2.24) is 4.72 Å². The molecule has 0 spiro atoms. The third-order valence-corrected chi connectivity index (χ3v) is 4.54. The molecule has 0 bridgehead atoms. The second-order valence-corrected chi connectivity index (χ2v) is 7.04. The minimum absolute atomic E-state index is 0.0501. The highest BCUT2D eigenvalue weighted by Crippen LogP contribution is 2.27. The Labute approximate surface area is 114 Å². The van der Waals surface area contributed by atoms with Crippen LogP contribution in [0.3, 0.4) is 0 Å². The fourth-order valence-corrected chi connectivity index (χ4v) is 3.18. The average Bonchev–Trinajstić information content (AvgIpc) is 2.25. The van der Waals surface area contributed by atoms with Crippen molar-refractivity contribution < 1.29 is 17.9 Å². The molecule has 2 rings (SSSR count). The monoisotopic (exact) mass is 333 g/mol. The van der Waals surface area contributed by atoms with Crippen molar-refractivity contribution in [2.75, 3.05) is 13.2 Å². The second-order valence-electron chi connectivity index (χ2n) is 4.45. The minimum Gasteiger partial charge on any atom is -0.379 e. The zero-order valence-corrected chi connectivity index (χ0v) is 12.0. The second kappa shape index (κ2) is 4.64. The third-order valence-electron chi connectivity index (χ3n) is 2.72. The zero-order chi connectivity index (χ0) is 13.4. The lowest BCUT2D eigenvalue weighted by atomic mass is 9.88. The number of rotatable bonds is 3. The molecule has 0 radical (unpaired) electrons. The average molecular weight is 334 g/mol. The number of amides is 1. The van der Waals surface area contributed by atoms with Gasteiger partial charge in [0.2, 0.25) is 5.91 Å². The van der Waals surface area contributed by atoms with Crippen molar-refractivity contribution in [2.24, 2.45) is 5.41 Å². The maximum absolute atomic E-state index is 12.0. The number of halogens is 1. The summed E-state index contributed by atoms with van der Waals surface area (Å²) >= 11 is 3.19. The Morgan fingerprint density at radius 3 is 2.61 bits per heavy atom. The summed E-state index contributed by atoms with van der Waals surface area (Å²) in [6.07, 6.45) is 0. The Morgan fingerprint density at radius 2 is 2.11 bits per heavy atom. The molecule has 1 aromatic rings. The van der Waals surface area contributed by atoms with E-state index >= 15 is 0 Å². The molecular formula is C11H12BrNO4S. The molecule has 0 saturated carbocycles. The van der Waals surface area contributed by atoms with Crippen LogP contribution in [0.4, 0.5) is 0 Å². The number of hydrogen-bond donors (Lipinski definition) is 1. The zero-order valence-electron chi connectivity index (χ0n) is 9.64. The van der Waals surface area contributed by atoms with Crippen LogP contribution < -0.4 is 4.72 Å². The van der Waals surface area contributed by atoms with Crippen LogP contribution >= 0.6 is 15.9 Å². The predicted octanol–water partition coefficient (Wildman–Crippen LogP) is 1.29. The van der Waals surface area contributed by atoms with Crippen LogP contribution in [0.15, 0.2) is 33.6 Å². The normalized spacial score (nSPS) is 17.9. The van der Waals surface area contributed by atoms with Gasteiger partial charge in [-0.2, -0.15) is 0 Å². The minimum atomic E-state index is -3.83. The highest BCUT2D eigenvalue weighted by Gasteiger charge is 2.42. The maximum Gasteiger partial charge on any atom is 0.264 e. The number of carbonyl (C=O) groups is 1. The lowest BCUT2D eigenvalue weighted by Gasteiger charge is -2.35. The van der Waals surface area contributed by atoms with E-state index in [1.165, 1.54) is 12.1 Å². The molecule has 1 aromatic carbocycles. The number of hydrogen-bond acceptors (Lipinski definition) is 4. The van der Waals surface area contributed by atoms with Gasteiger partial charge in [-0.05, 0) is 25.1 Å². The third kappa shape index (κ3) is 2.57. The Hall–Kier alpha value is -0.920. The summed E-state index contributed by atoms with van der Waals surface area (Å²) in [6, 6.07) is 6.18. The molecule has 1 fully saturated rings. The Bertz CT molecular complexity index is 580. The fourth-order valence-electron chi connectivity index (χ4n) is 1.48. The van der Waals surface area contributed by atoms with Gasteiger partial charge in [0.15, 0.2) is 0 Å². The van der Waals surface area contributed by atoms with Crippen molar-refractivity contribution >= 4 is 31.9 Å². The van der Waals surface area contributed by atoms with Gasteiger partial charge in [0, 0.05) is 4.47 Å². The van der Waals surface area contributed by atoms with E-state index in [1.54, 1.807) is 19.1 Å². The topological polar surface area (TPSA) is 72.5 Å². The van der Waals surface area contributed by atoms with Gasteiger partial charge in [0.1, 0.15) is 0 Å². The highest BCUT2D eigenvalue weighted by molar-refractivity contribution is 9.10. The van der Waals surface area contributed by atoms with E-state index < -0.39 is 21.3 Å². The van der Waals surface area contributed by atoms with E-state index in [4.69, 9.17) is 4.74 Å². The number of sulfonamides is 1. The summed E-state index contributed by atoms with van der Waals surface area (Å²) < 4.78 is 31.6. The molecule has 0 unspecified atom stereocenters. The molecule has 0 aromatic heterocycles.